The molecule has 1 aliphatic heterocycles. The number of aliphatic hydroxyl groups is 1. The Bertz CT molecular complexity index is 228. The van der Waals surface area contributed by atoms with Crippen LogP contribution < -0.4 is 0 Å². The van der Waals surface area contributed by atoms with Crippen molar-refractivity contribution >= 4 is 5.91 Å². The largest absolute Gasteiger partial charge is 0.386 e. The number of carbonyl (C=O) groups excluding carboxylic acids is 1. The van der Waals surface area contributed by atoms with Gasteiger partial charge >= 0.3 is 0 Å². The summed E-state index contributed by atoms with van der Waals surface area (Å²) in [7, 11) is 0. The Labute approximate surface area is 92.5 Å². The molecule has 0 aromatic carbocycles. The van der Waals surface area contributed by atoms with E-state index in [2.05, 4.69) is 0 Å². The summed E-state index contributed by atoms with van der Waals surface area (Å²) in [5.41, 5.74) is -0.637. The van der Waals surface area contributed by atoms with Crippen molar-refractivity contribution in [3.8, 4) is 0 Å². The summed E-state index contributed by atoms with van der Waals surface area (Å²) >= 11 is 0. The van der Waals surface area contributed by atoms with Crippen LogP contribution in [0, 0.1) is 11.8 Å². The second kappa shape index (κ2) is 4.52. The lowest BCUT2D eigenvalue weighted by Gasteiger charge is -2.49. The molecule has 0 saturated carbocycles. The van der Waals surface area contributed by atoms with Crippen molar-refractivity contribution in [2.45, 2.75) is 46.1 Å². The van der Waals surface area contributed by atoms with Gasteiger partial charge in [0.25, 0.3) is 0 Å². The number of amides is 1. The lowest BCUT2D eigenvalue weighted by atomic mass is 9.82. The Morgan fingerprint density at radius 2 is 1.80 bits per heavy atom. The van der Waals surface area contributed by atoms with Crippen LogP contribution in [0.5, 0.6) is 0 Å². The molecule has 88 valence electrons. The molecule has 0 bridgehead atoms. The maximum atomic E-state index is 11.9. The van der Waals surface area contributed by atoms with Crippen molar-refractivity contribution in [2.24, 2.45) is 11.8 Å². The van der Waals surface area contributed by atoms with E-state index in [1.807, 2.05) is 27.7 Å². The number of likely N-dealkylation sites (tertiary alicyclic amines) is 1. The average Bonchev–Trinajstić information content (AvgIpc) is 2.14. The molecule has 0 aliphatic carbocycles. The number of hydrogen-bond acceptors (Lipinski definition) is 2. The molecule has 3 nitrogen and oxygen atoms in total. The Morgan fingerprint density at radius 1 is 1.33 bits per heavy atom. The lowest BCUT2D eigenvalue weighted by molar-refractivity contribution is -0.167. The van der Waals surface area contributed by atoms with Crippen LogP contribution in [0.15, 0.2) is 0 Å². The van der Waals surface area contributed by atoms with Gasteiger partial charge < -0.3 is 10.0 Å². The summed E-state index contributed by atoms with van der Waals surface area (Å²) in [4.78, 5) is 13.7. The lowest BCUT2D eigenvalue weighted by Crippen LogP contribution is -2.66. The predicted octanol–water partition coefficient (Wildman–Crippen LogP) is 1.65. The zero-order valence-corrected chi connectivity index (χ0v) is 10.3. The molecule has 1 rings (SSSR count). The molecule has 15 heavy (non-hydrogen) atoms. The number of rotatable bonds is 4. The molecule has 1 N–H and O–H groups in total. The van der Waals surface area contributed by atoms with Crippen LogP contribution in [0.3, 0.4) is 0 Å². The van der Waals surface area contributed by atoms with Gasteiger partial charge in [-0.3, -0.25) is 4.79 Å². The zero-order valence-electron chi connectivity index (χ0n) is 10.3. The molecule has 0 spiro atoms. The normalized spacial score (nSPS) is 19.5. The van der Waals surface area contributed by atoms with Crippen LogP contribution in [0.1, 0.15) is 40.5 Å². The van der Waals surface area contributed by atoms with Crippen molar-refractivity contribution < 1.29 is 9.90 Å². The fraction of sp³-hybridized carbons (Fsp3) is 0.917. The summed E-state index contributed by atoms with van der Waals surface area (Å²) in [6.07, 6.45) is 1.79. The maximum Gasteiger partial charge on any atom is 0.225 e. The highest BCUT2D eigenvalue weighted by molar-refractivity contribution is 5.79. The maximum absolute atomic E-state index is 11.9. The number of carbonyl (C=O) groups is 1. The van der Waals surface area contributed by atoms with E-state index < -0.39 is 5.60 Å². The number of nitrogens with zero attached hydrogens (tertiary/aromatic N) is 1. The van der Waals surface area contributed by atoms with Crippen LogP contribution in [-0.2, 0) is 4.79 Å². The van der Waals surface area contributed by atoms with Crippen LogP contribution in [0.4, 0.5) is 0 Å². The minimum atomic E-state index is -0.637. The Hall–Kier alpha value is -0.570. The van der Waals surface area contributed by atoms with Crippen molar-refractivity contribution in [1.82, 2.24) is 4.90 Å². The fourth-order valence-corrected chi connectivity index (χ4v) is 2.03. The van der Waals surface area contributed by atoms with Crippen molar-refractivity contribution in [3.63, 3.8) is 0 Å². The number of hydrogen-bond donors (Lipinski definition) is 1. The van der Waals surface area contributed by atoms with E-state index in [4.69, 9.17) is 0 Å². The molecule has 0 unspecified atom stereocenters. The molecule has 0 aromatic heterocycles. The highest BCUT2D eigenvalue weighted by Gasteiger charge is 2.46. The summed E-state index contributed by atoms with van der Waals surface area (Å²) < 4.78 is 0. The zero-order chi connectivity index (χ0) is 11.6. The molecule has 1 saturated heterocycles. The van der Waals surface area contributed by atoms with Gasteiger partial charge in [-0.1, -0.05) is 27.7 Å². The minimum Gasteiger partial charge on any atom is -0.386 e. The van der Waals surface area contributed by atoms with E-state index in [-0.39, 0.29) is 17.7 Å². The fourth-order valence-electron chi connectivity index (χ4n) is 2.03. The molecule has 3 heteroatoms. The van der Waals surface area contributed by atoms with Gasteiger partial charge in [-0.15, -0.1) is 0 Å². The van der Waals surface area contributed by atoms with Crippen LogP contribution in [-0.4, -0.2) is 34.6 Å². The van der Waals surface area contributed by atoms with E-state index >= 15 is 0 Å². The summed E-state index contributed by atoms with van der Waals surface area (Å²) in [5, 5.41) is 10.0. The molecule has 0 atom stereocenters. The van der Waals surface area contributed by atoms with Gasteiger partial charge in [-0.2, -0.15) is 0 Å². The molecule has 1 heterocycles. The molecule has 0 aromatic rings. The SMILES string of the molecule is CCC(CC)C(=O)N1CC(O)(C(C)C)C1. The third-order valence-electron chi connectivity index (χ3n) is 3.65. The summed E-state index contributed by atoms with van der Waals surface area (Å²) in [6.45, 7) is 9.11. The summed E-state index contributed by atoms with van der Waals surface area (Å²) in [6, 6.07) is 0. The Morgan fingerprint density at radius 3 is 2.13 bits per heavy atom. The topological polar surface area (TPSA) is 40.5 Å². The Kier molecular flexibility index (Phi) is 3.77. The molecule has 1 aliphatic rings. The van der Waals surface area contributed by atoms with Crippen molar-refractivity contribution in [1.29, 1.82) is 0 Å². The molecular weight excluding hydrogens is 190 g/mol. The first kappa shape index (κ1) is 12.5. The molecule has 0 radical (unpaired) electrons. The van der Waals surface area contributed by atoms with Crippen LogP contribution >= 0.6 is 0 Å². The van der Waals surface area contributed by atoms with Gasteiger partial charge in [-0.25, -0.2) is 0 Å². The molecular formula is C12H23NO2. The van der Waals surface area contributed by atoms with Gasteiger partial charge in [0.05, 0.1) is 13.1 Å². The van der Waals surface area contributed by atoms with Gasteiger partial charge in [-0.05, 0) is 18.8 Å². The smallest absolute Gasteiger partial charge is 0.225 e. The minimum absolute atomic E-state index is 0.140. The first-order chi connectivity index (χ1) is 6.94. The van der Waals surface area contributed by atoms with Crippen LogP contribution in [0.2, 0.25) is 0 Å². The first-order valence-electron chi connectivity index (χ1n) is 5.95. The predicted molar refractivity (Wildman–Crippen MR) is 60.4 cm³/mol. The van der Waals surface area contributed by atoms with Crippen molar-refractivity contribution in [2.75, 3.05) is 13.1 Å². The average molecular weight is 213 g/mol. The summed E-state index contributed by atoms with van der Waals surface area (Å²) in [5.74, 6) is 0.579. The van der Waals surface area contributed by atoms with Gasteiger partial charge in [0.2, 0.25) is 5.91 Å². The van der Waals surface area contributed by atoms with E-state index in [9.17, 15) is 9.90 Å². The van der Waals surface area contributed by atoms with E-state index in [0.717, 1.165) is 12.8 Å². The van der Waals surface area contributed by atoms with E-state index in [0.29, 0.717) is 13.1 Å². The highest BCUT2D eigenvalue weighted by atomic mass is 16.3. The quantitative estimate of drug-likeness (QED) is 0.771. The number of β-amino-alcohol motifs (C(OH)–C–C–N with tert-alkyl or cyclic N) is 1. The van der Waals surface area contributed by atoms with E-state index in [1.54, 1.807) is 4.90 Å². The standard InChI is InChI=1S/C12H23NO2/c1-5-10(6-2)11(14)13-7-12(15,8-13)9(3)4/h9-10,15H,5-8H2,1-4H3. The molecule has 1 amide bonds. The van der Waals surface area contributed by atoms with Crippen molar-refractivity contribution in [3.05, 3.63) is 0 Å². The second-order valence-electron chi connectivity index (χ2n) is 4.97. The van der Waals surface area contributed by atoms with Gasteiger partial charge in [0.1, 0.15) is 5.60 Å². The second-order valence-corrected chi connectivity index (χ2v) is 4.97. The van der Waals surface area contributed by atoms with E-state index in [1.165, 1.54) is 0 Å². The van der Waals surface area contributed by atoms with Crippen LogP contribution in [0.25, 0.3) is 0 Å². The third kappa shape index (κ3) is 2.33. The van der Waals surface area contributed by atoms with Gasteiger partial charge in [0, 0.05) is 5.92 Å². The Balaban J connectivity index is 2.48. The van der Waals surface area contributed by atoms with Gasteiger partial charge in [0.15, 0.2) is 0 Å². The third-order valence-corrected chi connectivity index (χ3v) is 3.65. The molecule has 1 fully saturated rings. The highest BCUT2D eigenvalue weighted by Crippen LogP contribution is 2.30. The monoisotopic (exact) mass is 213 g/mol. The first-order valence-corrected chi connectivity index (χ1v) is 5.95.